The predicted molar refractivity (Wildman–Crippen MR) is 80.9 cm³/mol. The van der Waals surface area contributed by atoms with Crippen LogP contribution in [0.4, 0.5) is 5.69 Å². The Morgan fingerprint density at radius 3 is 2.81 bits per heavy atom. The third-order valence-electron chi connectivity index (χ3n) is 3.93. The number of fused-ring (bicyclic) bond motifs is 2. The summed E-state index contributed by atoms with van der Waals surface area (Å²) in [7, 11) is 0. The van der Waals surface area contributed by atoms with E-state index < -0.39 is 0 Å². The summed E-state index contributed by atoms with van der Waals surface area (Å²) >= 11 is 0. The quantitative estimate of drug-likeness (QED) is 0.781. The fraction of sp³-hybridized carbons (Fsp3) is 0.400. The highest BCUT2D eigenvalue weighted by molar-refractivity contribution is 5.86. The van der Waals surface area contributed by atoms with Crippen LogP contribution >= 0.6 is 0 Å². The summed E-state index contributed by atoms with van der Waals surface area (Å²) in [4.78, 5) is 11.8. The van der Waals surface area contributed by atoms with Crippen molar-refractivity contribution in [2.75, 3.05) is 26.2 Å². The molecular weight excluding hydrogens is 264 g/mol. The molecule has 0 atom stereocenters. The summed E-state index contributed by atoms with van der Waals surface area (Å²) in [5, 5.41) is 7.94. The summed E-state index contributed by atoms with van der Waals surface area (Å²) < 4.78 is 1.92. The fourth-order valence-corrected chi connectivity index (χ4v) is 2.90. The van der Waals surface area contributed by atoms with E-state index in [1.54, 1.807) is 0 Å². The van der Waals surface area contributed by atoms with Crippen LogP contribution < -0.4 is 5.32 Å². The van der Waals surface area contributed by atoms with Gasteiger partial charge < -0.3 is 10.2 Å². The normalized spacial score (nSPS) is 17.8. The largest absolute Gasteiger partial charge is 0.338 e. The first-order valence-corrected chi connectivity index (χ1v) is 7.36. The number of nitrogens with zero attached hydrogens (tertiary/aromatic N) is 5. The molecule has 2 aliphatic rings. The maximum atomic E-state index is 4.89. The monoisotopic (exact) mass is 282 g/mol. The predicted octanol–water partition coefficient (Wildman–Crippen LogP) is 0.932. The van der Waals surface area contributed by atoms with Crippen LogP contribution in [0.15, 0.2) is 29.3 Å². The Morgan fingerprint density at radius 2 is 1.95 bits per heavy atom. The molecule has 0 spiro atoms. The van der Waals surface area contributed by atoms with E-state index in [1.165, 1.54) is 5.56 Å². The Hall–Kier alpha value is -2.21. The summed E-state index contributed by atoms with van der Waals surface area (Å²) in [6, 6.07) is 8.27. The number of rotatable bonds is 0. The first kappa shape index (κ1) is 12.5. The van der Waals surface area contributed by atoms with Gasteiger partial charge in [0, 0.05) is 32.6 Å². The Kier molecular flexibility index (Phi) is 2.96. The molecule has 1 N–H and O–H groups in total. The number of para-hydroxylation sites is 1. The number of hydrogen-bond donors (Lipinski definition) is 1. The van der Waals surface area contributed by atoms with Crippen LogP contribution in [0.25, 0.3) is 0 Å². The summed E-state index contributed by atoms with van der Waals surface area (Å²) in [6.07, 6.45) is 0.774. The van der Waals surface area contributed by atoms with E-state index in [-0.39, 0.29) is 0 Å². The van der Waals surface area contributed by atoms with Crippen LogP contribution in [0.3, 0.4) is 0 Å². The van der Waals surface area contributed by atoms with Crippen molar-refractivity contribution in [3.63, 3.8) is 0 Å². The number of aryl methyl sites for hydroxylation is 1. The first-order chi connectivity index (χ1) is 10.3. The molecule has 108 valence electrons. The van der Waals surface area contributed by atoms with Crippen molar-refractivity contribution in [3.8, 4) is 0 Å². The van der Waals surface area contributed by atoms with Gasteiger partial charge in [-0.2, -0.15) is 4.68 Å². The van der Waals surface area contributed by atoms with E-state index in [0.717, 1.165) is 55.9 Å². The zero-order valence-corrected chi connectivity index (χ0v) is 12.1. The number of piperazine rings is 1. The Morgan fingerprint density at radius 1 is 1.14 bits per heavy atom. The number of benzene rings is 1. The van der Waals surface area contributed by atoms with Gasteiger partial charge >= 0.3 is 0 Å². The molecule has 1 aromatic heterocycles. The smallest absolute Gasteiger partial charge is 0.228 e. The molecular formula is C15H18N6. The van der Waals surface area contributed by atoms with Gasteiger partial charge in [-0.1, -0.05) is 18.2 Å². The number of aliphatic imine (C=N–C) groups is 1. The molecule has 6 heteroatoms. The van der Waals surface area contributed by atoms with Crippen molar-refractivity contribution >= 4 is 11.6 Å². The van der Waals surface area contributed by atoms with E-state index in [0.29, 0.717) is 0 Å². The maximum absolute atomic E-state index is 4.89. The molecule has 0 bridgehead atoms. The molecule has 1 saturated heterocycles. The molecule has 0 saturated carbocycles. The minimum atomic E-state index is 0.774. The zero-order chi connectivity index (χ0) is 14.2. The molecule has 2 aliphatic heterocycles. The number of nitrogens with one attached hydrogen (secondary N) is 1. The lowest BCUT2D eigenvalue weighted by atomic mass is 10.1. The maximum Gasteiger partial charge on any atom is 0.228 e. The van der Waals surface area contributed by atoms with Crippen LogP contribution in [0.2, 0.25) is 0 Å². The summed E-state index contributed by atoms with van der Waals surface area (Å²) in [6.45, 7) is 5.77. The second-order valence-corrected chi connectivity index (χ2v) is 5.44. The molecule has 0 amide bonds. The van der Waals surface area contributed by atoms with E-state index >= 15 is 0 Å². The van der Waals surface area contributed by atoms with Crippen molar-refractivity contribution in [1.82, 2.24) is 25.0 Å². The topological polar surface area (TPSA) is 58.3 Å². The molecule has 1 fully saturated rings. The van der Waals surface area contributed by atoms with Gasteiger partial charge in [-0.05, 0) is 18.6 Å². The number of aromatic nitrogens is 3. The fourth-order valence-electron chi connectivity index (χ4n) is 2.90. The minimum Gasteiger partial charge on any atom is -0.338 e. The van der Waals surface area contributed by atoms with E-state index in [4.69, 9.17) is 4.99 Å². The Labute approximate surface area is 123 Å². The summed E-state index contributed by atoms with van der Waals surface area (Å²) in [5.74, 6) is 2.67. The molecule has 1 aromatic carbocycles. The molecule has 6 nitrogen and oxygen atoms in total. The van der Waals surface area contributed by atoms with Crippen LogP contribution in [0, 0.1) is 6.92 Å². The lowest BCUT2D eigenvalue weighted by molar-refractivity contribution is 0.345. The SMILES string of the molecule is Cc1nc2n(n1)C(N1CCNCC1)=Nc1ccccc1C2. The van der Waals surface area contributed by atoms with Gasteiger partial charge in [-0.15, -0.1) is 5.10 Å². The van der Waals surface area contributed by atoms with Gasteiger partial charge in [0.1, 0.15) is 11.6 Å². The second kappa shape index (κ2) is 4.96. The van der Waals surface area contributed by atoms with Crippen molar-refractivity contribution in [3.05, 3.63) is 41.5 Å². The third-order valence-corrected chi connectivity index (χ3v) is 3.93. The number of hydrogen-bond acceptors (Lipinski definition) is 5. The molecule has 4 rings (SSSR count). The second-order valence-electron chi connectivity index (χ2n) is 5.44. The van der Waals surface area contributed by atoms with Crippen LogP contribution in [0.5, 0.6) is 0 Å². The van der Waals surface area contributed by atoms with Crippen LogP contribution in [0.1, 0.15) is 17.2 Å². The Bertz CT molecular complexity index is 696. The third kappa shape index (κ3) is 2.21. The van der Waals surface area contributed by atoms with Gasteiger partial charge in [0.15, 0.2) is 0 Å². The molecule has 2 aromatic rings. The molecule has 21 heavy (non-hydrogen) atoms. The lowest BCUT2D eigenvalue weighted by Crippen LogP contribution is -2.49. The highest BCUT2D eigenvalue weighted by Gasteiger charge is 2.24. The zero-order valence-electron chi connectivity index (χ0n) is 12.1. The van der Waals surface area contributed by atoms with Crippen molar-refractivity contribution < 1.29 is 0 Å². The standard InChI is InChI=1S/C15H18N6/c1-11-17-14-10-12-4-2-3-5-13(12)18-15(21(14)19-11)20-8-6-16-7-9-20/h2-5,16H,6-10H2,1H3. The molecule has 0 aliphatic carbocycles. The van der Waals surface area contributed by atoms with E-state index in [9.17, 15) is 0 Å². The van der Waals surface area contributed by atoms with Gasteiger partial charge in [0.25, 0.3) is 0 Å². The van der Waals surface area contributed by atoms with Gasteiger partial charge in [-0.3, -0.25) is 0 Å². The first-order valence-electron chi connectivity index (χ1n) is 7.36. The highest BCUT2D eigenvalue weighted by Crippen LogP contribution is 2.25. The van der Waals surface area contributed by atoms with Crippen molar-refractivity contribution in [2.45, 2.75) is 13.3 Å². The highest BCUT2D eigenvalue weighted by atomic mass is 15.5. The molecule has 3 heterocycles. The average molecular weight is 282 g/mol. The molecule has 0 radical (unpaired) electrons. The van der Waals surface area contributed by atoms with E-state index in [1.807, 2.05) is 17.7 Å². The lowest BCUT2D eigenvalue weighted by Gasteiger charge is -2.29. The Balaban J connectivity index is 1.86. The van der Waals surface area contributed by atoms with Crippen LogP contribution in [-0.4, -0.2) is 51.8 Å². The van der Waals surface area contributed by atoms with Gasteiger partial charge in [0.2, 0.25) is 5.96 Å². The van der Waals surface area contributed by atoms with Crippen molar-refractivity contribution in [1.29, 1.82) is 0 Å². The van der Waals surface area contributed by atoms with Gasteiger partial charge in [0.05, 0.1) is 5.69 Å². The minimum absolute atomic E-state index is 0.774. The van der Waals surface area contributed by atoms with E-state index in [2.05, 4.69) is 38.5 Å². The average Bonchev–Trinajstić information content (AvgIpc) is 2.80. The van der Waals surface area contributed by atoms with Crippen molar-refractivity contribution in [2.24, 2.45) is 4.99 Å². The summed E-state index contributed by atoms with van der Waals surface area (Å²) in [5.41, 5.74) is 2.23. The van der Waals surface area contributed by atoms with Gasteiger partial charge in [-0.25, -0.2) is 9.98 Å². The molecule has 0 unspecified atom stereocenters. The van der Waals surface area contributed by atoms with Crippen LogP contribution in [-0.2, 0) is 6.42 Å².